The predicted molar refractivity (Wildman–Crippen MR) is 193 cm³/mol. The van der Waals surface area contributed by atoms with Gasteiger partial charge in [-0.2, -0.15) is 5.26 Å². The van der Waals surface area contributed by atoms with Crippen molar-refractivity contribution in [3.8, 4) is 28.7 Å². The average molecular weight is 676 g/mol. The zero-order valence-corrected chi connectivity index (χ0v) is 30.0. The van der Waals surface area contributed by atoms with E-state index in [2.05, 4.69) is 10.6 Å². The van der Waals surface area contributed by atoms with E-state index in [1.54, 1.807) is 67.7 Å². The van der Waals surface area contributed by atoms with Gasteiger partial charge in [0, 0.05) is 55.8 Å². The van der Waals surface area contributed by atoms with Crippen LogP contribution in [0.4, 0.5) is 0 Å². The Balaban J connectivity index is 0.000000204. The van der Waals surface area contributed by atoms with Gasteiger partial charge in [0.05, 0.1) is 41.4 Å². The zero-order chi connectivity index (χ0) is 36.1. The fraction of sp³-hybridized carbons (Fsp3) is 0.368. The van der Waals surface area contributed by atoms with E-state index in [1.165, 1.54) is 0 Å². The summed E-state index contributed by atoms with van der Waals surface area (Å²) in [6, 6.07) is 17.0. The molecule has 12 heteroatoms. The molecule has 2 aromatic carbocycles. The third-order valence-electron chi connectivity index (χ3n) is 9.85. The summed E-state index contributed by atoms with van der Waals surface area (Å²) in [5, 5.41) is 9.56. The zero-order valence-electron chi connectivity index (χ0n) is 30.0. The van der Waals surface area contributed by atoms with Crippen LogP contribution in [0.15, 0.2) is 70.5 Å². The molecule has 5 heterocycles. The van der Waals surface area contributed by atoms with Gasteiger partial charge in [0.1, 0.15) is 23.2 Å². The quantitative estimate of drug-likeness (QED) is 0.238. The normalized spacial score (nSPS) is 16.4. The first-order valence-corrected chi connectivity index (χ1v) is 16.6. The average Bonchev–Trinajstić information content (AvgIpc) is 3.48. The lowest BCUT2D eigenvalue weighted by Gasteiger charge is -2.32. The molecule has 0 saturated carbocycles. The number of pyridine rings is 2. The molecule has 0 N–H and O–H groups in total. The first-order chi connectivity index (χ1) is 23.6. The standard InChI is InChI=1S/C25H22N4O3.C13H20BNO3/c1-15-10-17(12-28(2)25(15)30)19-8-9-20-22(27-24(29(20)3)18-13-31-14-18)23(19)32-21-7-5-4-6-16(21)11-26;1-9-7-10(8-15(6)11(9)16)14-17-12(2,3)13(4,5)18-14/h4-10,12,18H,13-14H2,1-3H3;7-8H,1-6H3. The summed E-state index contributed by atoms with van der Waals surface area (Å²) in [6.45, 7) is 13.0. The largest absolute Gasteiger partial charge is 0.496 e. The Morgan fingerprint density at radius 2 is 1.52 bits per heavy atom. The van der Waals surface area contributed by atoms with E-state index in [9.17, 15) is 14.9 Å². The van der Waals surface area contributed by atoms with E-state index < -0.39 is 7.12 Å². The highest BCUT2D eigenvalue weighted by Gasteiger charge is 2.51. The highest BCUT2D eigenvalue weighted by molar-refractivity contribution is 6.62. The van der Waals surface area contributed by atoms with Crippen molar-refractivity contribution in [3.63, 3.8) is 0 Å². The number of imidazole rings is 1. The second-order valence-corrected chi connectivity index (χ2v) is 14.1. The van der Waals surface area contributed by atoms with Crippen LogP contribution in [0.25, 0.3) is 22.2 Å². The smallest absolute Gasteiger partial charge is 0.453 e. The van der Waals surface area contributed by atoms with E-state index in [-0.39, 0.29) is 28.2 Å². The minimum absolute atomic E-state index is 0.00951. The van der Waals surface area contributed by atoms with Crippen molar-refractivity contribution in [1.29, 1.82) is 5.26 Å². The molecular weight excluding hydrogens is 633 g/mol. The van der Waals surface area contributed by atoms with E-state index in [0.717, 1.165) is 27.9 Å². The van der Waals surface area contributed by atoms with Gasteiger partial charge in [0.25, 0.3) is 11.1 Å². The van der Waals surface area contributed by atoms with Gasteiger partial charge in [0.2, 0.25) is 0 Å². The number of hydrogen-bond acceptors (Lipinski definition) is 8. The van der Waals surface area contributed by atoms with Crippen LogP contribution in [0, 0.1) is 25.2 Å². The maximum Gasteiger partial charge on any atom is 0.496 e. The van der Waals surface area contributed by atoms with Crippen LogP contribution in [0.5, 0.6) is 11.5 Å². The first kappa shape index (κ1) is 34.9. The lowest BCUT2D eigenvalue weighted by molar-refractivity contribution is 0.00400. The summed E-state index contributed by atoms with van der Waals surface area (Å²) >= 11 is 0. The van der Waals surface area contributed by atoms with E-state index in [1.807, 2.05) is 65.1 Å². The fourth-order valence-electron chi connectivity index (χ4n) is 6.13. The number of ether oxygens (including phenoxy) is 2. The molecule has 2 fully saturated rings. The number of aromatic nitrogens is 4. The van der Waals surface area contributed by atoms with Crippen molar-refractivity contribution < 1.29 is 18.8 Å². The molecule has 0 aliphatic carbocycles. The maximum absolute atomic E-state index is 12.3. The molecule has 0 unspecified atom stereocenters. The maximum atomic E-state index is 12.3. The summed E-state index contributed by atoms with van der Waals surface area (Å²) < 4.78 is 28.9. The van der Waals surface area contributed by atoms with Crippen molar-refractivity contribution in [2.45, 2.75) is 58.7 Å². The number of rotatable bonds is 5. The van der Waals surface area contributed by atoms with Crippen molar-refractivity contribution in [3.05, 3.63) is 104 Å². The highest BCUT2D eigenvalue weighted by atomic mass is 16.7. The second kappa shape index (κ2) is 13.1. The van der Waals surface area contributed by atoms with Crippen molar-refractivity contribution in [2.75, 3.05) is 13.2 Å². The summed E-state index contributed by atoms with van der Waals surface area (Å²) in [5.41, 5.74) is 5.20. The van der Waals surface area contributed by atoms with Gasteiger partial charge < -0.3 is 32.5 Å². The Kier molecular flexibility index (Phi) is 9.11. The molecule has 3 aromatic heterocycles. The highest BCUT2D eigenvalue weighted by Crippen LogP contribution is 2.41. The van der Waals surface area contributed by atoms with Crippen LogP contribution in [-0.2, 0) is 35.2 Å². The number of nitriles is 1. The first-order valence-electron chi connectivity index (χ1n) is 16.6. The van der Waals surface area contributed by atoms with Gasteiger partial charge in [-0.1, -0.05) is 18.2 Å². The van der Waals surface area contributed by atoms with Gasteiger partial charge in [-0.3, -0.25) is 9.59 Å². The number of fused-ring (bicyclic) bond motifs is 1. The van der Waals surface area contributed by atoms with Crippen LogP contribution in [-0.4, -0.2) is 50.2 Å². The van der Waals surface area contributed by atoms with Gasteiger partial charge >= 0.3 is 7.12 Å². The molecule has 50 heavy (non-hydrogen) atoms. The Labute approximate surface area is 291 Å². The molecule has 2 aliphatic heterocycles. The van der Waals surface area contributed by atoms with Crippen LogP contribution in [0.1, 0.15) is 56.1 Å². The molecular formula is C38H42BN5O6. The Morgan fingerprint density at radius 3 is 2.10 bits per heavy atom. The second-order valence-electron chi connectivity index (χ2n) is 14.1. The van der Waals surface area contributed by atoms with E-state index >= 15 is 0 Å². The van der Waals surface area contributed by atoms with Crippen LogP contribution in [0.3, 0.4) is 0 Å². The molecule has 0 bridgehead atoms. The van der Waals surface area contributed by atoms with Crippen LogP contribution in [0.2, 0.25) is 0 Å². The lowest BCUT2D eigenvalue weighted by Crippen LogP contribution is -2.41. The van der Waals surface area contributed by atoms with Crippen molar-refractivity contribution in [2.24, 2.45) is 21.1 Å². The molecule has 0 spiro atoms. The van der Waals surface area contributed by atoms with Crippen LogP contribution < -0.4 is 21.3 Å². The van der Waals surface area contributed by atoms with E-state index in [4.69, 9.17) is 23.8 Å². The third-order valence-corrected chi connectivity index (χ3v) is 9.85. The molecule has 2 saturated heterocycles. The van der Waals surface area contributed by atoms with Gasteiger partial charge in [-0.05, 0) is 77.3 Å². The van der Waals surface area contributed by atoms with Gasteiger partial charge in [-0.25, -0.2) is 4.98 Å². The molecule has 7 rings (SSSR count). The molecule has 5 aromatic rings. The summed E-state index contributed by atoms with van der Waals surface area (Å²) in [6.07, 6.45) is 3.57. The van der Waals surface area contributed by atoms with Crippen LogP contribution >= 0.6 is 0 Å². The fourth-order valence-corrected chi connectivity index (χ4v) is 6.13. The number of para-hydroxylation sites is 1. The Bertz CT molecular complexity index is 2210. The topological polar surface area (TPSA) is 123 Å². The molecule has 258 valence electrons. The Hall–Kier alpha value is -4.96. The summed E-state index contributed by atoms with van der Waals surface area (Å²) in [5.74, 6) is 2.21. The molecule has 2 aliphatic rings. The lowest BCUT2D eigenvalue weighted by atomic mass is 9.80. The molecule has 0 amide bonds. The minimum atomic E-state index is -0.416. The predicted octanol–water partition coefficient (Wildman–Crippen LogP) is 5.02. The third kappa shape index (κ3) is 6.28. The minimum Gasteiger partial charge on any atom is -0.453 e. The molecule has 0 atom stereocenters. The molecule has 0 radical (unpaired) electrons. The summed E-state index contributed by atoms with van der Waals surface area (Å²) in [4.78, 5) is 28.9. The number of hydrogen-bond donors (Lipinski definition) is 0. The van der Waals surface area contributed by atoms with Crippen molar-refractivity contribution in [1.82, 2.24) is 18.7 Å². The van der Waals surface area contributed by atoms with Crippen molar-refractivity contribution >= 4 is 23.6 Å². The molecule has 11 nitrogen and oxygen atoms in total. The Morgan fingerprint density at radius 1 is 0.900 bits per heavy atom. The number of benzene rings is 2. The monoisotopic (exact) mass is 675 g/mol. The SMILES string of the molecule is Cc1cc(-c2ccc3c(nc(C4COC4)n3C)c2Oc2ccccc2C#N)cn(C)c1=O.Cc1cc(B2OC(C)(C)C(C)(C)O2)cn(C)c1=O. The summed E-state index contributed by atoms with van der Waals surface area (Å²) in [7, 11) is 5.05. The van der Waals surface area contributed by atoms with E-state index in [0.29, 0.717) is 46.9 Å². The number of aryl methyl sites for hydroxylation is 5. The van der Waals surface area contributed by atoms with Gasteiger partial charge in [-0.15, -0.1) is 0 Å². The number of nitrogens with zero attached hydrogens (tertiary/aromatic N) is 5. The van der Waals surface area contributed by atoms with Gasteiger partial charge in [0.15, 0.2) is 5.75 Å².